The standard InChI is InChI=1S/C7H15NO/c1-3-7(9)6-4-5-8(6)2/h6-7,9H,3-5H2,1-2H3. The third kappa shape index (κ3) is 1.25. The van der Waals surface area contributed by atoms with Crippen LogP contribution < -0.4 is 0 Å². The molecule has 2 heteroatoms. The van der Waals surface area contributed by atoms with Gasteiger partial charge in [0.25, 0.3) is 0 Å². The first-order chi connectivity index (χ1) is 4.25. The van der Waals surface area contributed by atoms with E-state index in [0.717, 1.165) is 13.0 Å². The van der Waals surface area contributed by atoms with Gasteiger partial charge < -0.3 is 10.0 Å². The fourth-order valence-electron chi connectivity index (χ4n) is 1.29. The molecule has 1 aliphatic heterocycles. The summed E-state index contributed by atoms with van der Waals surface area (Å²) in [4.78, 5) is 2.20. The number of nitrogens with zero attached hydrogens (tertiary/aromatic N) is 1. The van der Waals surface area contributed by atoms with E-state index < -0.39 is 0 Å². The molecule has 0 aromatic heterocycles. The van der Waals surface area contributed by atoms with Gasteiger partial charge in [0.05, 0.1) is 6.10 Å². The van der Waals surface area contributed by atoms with Crippen molar-refractivity contribution in [2.45, 2.75) is 31.9 Å². The van der Waals surface area contributed by atoms with Crippen molar-refractivity contribution in [2.75, 3.05) is 13.6 Å². The number of hydrogen-bond donors (Lipinski definition) is 1. The van der Waals surface area contributed by atoms with Gasteiger partial charge in [-0.2, -0.15) is 0 Å². The van der Waals surface area contributed by atoms with E-state index in [2.05, 4.69) is 11.9 Å². The van der Waals surface area contributed by atoms with Gasteiger partial charge in [-0.3, -0.25) is 0 Å². The molecule has 0 radical (unpaired) electrons. The lowest BCUT2D eigenvalue weighted by molar-refractivity contribution is 0.00144. The Labute approximate surface area is 56.5 Å². The summed E-state index contributed by atoms with van der Waals surface area (Å²) in [6, 6.07) is 0.454. The van der Waals surface area contributed by atoms with Crippen molar-refractivity contribution in [3.05, 3.63) is 0 Å². The fourth-order valence-corrected chi connectivity index (χ4v) is 1.29. The smallest absolute Gasteiger partial charge is 0.0693 e. The van der Waals surface area contributed by atoms with Crippen LogP contribution in [-0.4, -0.2) is 35.7 Å². The predicted molar refractivity (Wildman–Crippen MR) is 37.3 cm³/mol. The Morgan fingerprint density at radius 3 is 2.56 bits per heavy atom. The molecule has 1 heterocycles. The molecule has 0 bridgehead atoms. The molecule has 0 aromatic carbocycles. The summed E-state index contributed by atoms with van der Waals surface area (Å²) in [6.07, 6.45) is 1.96. The molecule has 0 aliphatic carbocycles. The first-order valence-electron chi connectivity index (χ1n) is 3.64. The molecule has 0 spiro atoms. The summed E-state index contributed by atoms with van der Waals surface area (Å²) < 4.78 is 0. The van der Waals surface area contributed by atoms with Crippen LogP contribution in [0.25, 0.3) is 0 Å². The Hall–Kier alpha value is -0.0800. The van der Waals surface area contributed by atoms with Crippen LogP contribution in [-0.2, 0) is 0 Å². The molecular weight excluding hydrogens is 114 g/mol. The van der Waals surface area contributed by atoms with E-state index in [1.807, 2.05) is 6.92 Å². The zero-order valence-corrected chi connectivity index (χ0v) is 6.17. The van der Waals surface area contributed by atoms with E-state index in [1.54, 1.807) is 0 Å². The van der Waals surface area contributed by atoms with Crippen LogP contribution in [0, 0.1) is 0 Å². The highest BCUT2D eigenvalue weighted by Crippen LogP contribution is 2.19. The fraction of sp³-hybridized carbons (Fsp3) is 1.00. The second-order valence-electron chi connectivity index (χ2n) is 2.81. The number of aliphatic hydroxyl groups is 1. The monoisotopic (exact) mass is 129 g/mol. The van der Waals surface area contributed by atoms with Crippen LogP contribution in [0.2, 0.25) is 0 Å². The largest absolute Gasteiger partial charge is 0.392 e. The quantitative estimate of drug-likeness (QED) is 0.585. The van der Waals surface area contributed by atoms with Crippen LogP contribution in [0.1, 0.15) is 19.8 Å². The van der Waals surface area contributed by atoms with Crippen LogP contribution in [0.5, 0.6) is 0 Å². The highest BCUT2D eigenvalue weighted by Gasteiger charge is 2.29. The van der Waals surface area contributed by atoms with Gasteiger partial charge in [0, 0.05) is 6.04 Å². The maximum Gasteiger partial charge on any atom is 0.0693 e. The normalized spacial score (nSPS) is 31.7. The first-order valence-corrected chi connectivity index (χ1v) is 3.64. The zero-order chi connectivity index (χ0) is 6.85. The molecule has 9 heavy (non-hydrogen) atoms. The van der Waals surface area contributed by atoms with Crippen molar-refractivity contribution in [3.8, 4) is 0 Å². The summed E-state index contributed by atoms with van der Waals surface area (Å²) in [7, 11) is 2.06. The van der Waals surface area contributed by atoms with E-state index in [9.17, 15) is 5.11 Å². The third-order valence-electron chi connectivity index (χ3n) is 2.21. The lowest BCUT2D eigenvalue weighted by Crippen LogP contribution is -2.51. The molecule has 1 aliphatic rings. The van der Waals surface area contributed by atoms with Crippen LogP contribution in [0.4, 0.5) is 0 Å². The average Bonchev–Trinajstić information content (AvgIpc) is 1.84. The summed E-state index contributed by atoms with van der Waals surface area (Å²) in [5.41, 5.74) is 0. The second-order valence-corrected chi connectivity index (χ2v) is 2.81. The van der Waals surface area contributed by atoms with Crippen LogP contribution in [0.3, 0.4) is 0 Å². The lowest BCUT2D eigenvalue weighted by Gasteiger charge is -2.40. The molecule has 0 amide bonds. The highest BCUT2D eigenvalue weighted by molar-refractivity contribution is 4.84. The molecule has 0 aromatic rings. The van der Waals surface area contributed by atoms with Crippen molar-refractivity contribution in [2.24, 2.45) is 0 Å². The molecule has 54 valence electrons. The Morgan fingerprint density at radius 1 is 1.78 bits per heavy atom. The molecule has 1 N–H and O–H groups in total. The molecule has 2 nitrogen and oxygen atoms in total. The average molecular weight is 129 g/mol. The SMILES string of the molecule is CCC(O)C1CCN1C. The van der Waals surface area contributed by atoms with Gasteiger partial charge in [-0.25, -0.2) is 0 Å². The van der Waals surface area contributed by atoms with Crippen molar-refractivity contribution in [1.82, 2.24) is 4.90 Å². The predicted octanol–water partition coefficient (Wildman–Crippen LogP) is 0.461. The molecule has 1 rings (SSSR count). The molecular formula is C7H15NO. The zero-order valence-electron chi connectivity index (χ0n) is 6.17. The van der Waals surface area contributed by atoms with Crippen molar-refractivity contribution in [3.63, 3.8) is 0 Å². The second kappa shape index (κ2) is 2.67. The Kier molecular flexibility index (Phi) is 2.09. The minimum absolute atomic E-state index is 0.0938. The number of hydrogen-bond acceptors (Lipinski definition) is 2. The topological polar surface area (TPSA) is 23.5 Å². The summed E-state index contributed by atoms with van der Waals surface area (Å²) in [6.45, 7) is 3.18. The van der Waals surface area contributed by atoms with E-state index in [4.69, 9.17) is 0 Å². The molecule has 2 atom stereocenters. The Balaban J connectivity index is 2.25. The van der Waals surface area contributed by atoms with Crippen LogP contribution in [0.15, 0.2) is 0 Å². The number of rotatable bonds is 2. The maximum absolute atomic E-state index is 9.31. The van der Waals surface area contributed by atoms with E-state index in [1.165, 1.54) is 6.42 Å². The van der Waals surface area contributed by atoms with Gasteiger partial charge in [0.2, 0.25) is 0 Å². The summed E-state index contributed by atoms with van der Waals surface area (Å²) in [5, 5.41) is 9.31. The summed E-state index contributed by atoms with van der Waals surface area (Å²) >= 11 is 0. The first kappa shape index (κ1) is 7.03. The number of aliphatic hydroxyl groups excluding tert-OH is 1. The van der Waals surface area contributed by atoms with Gasteiger partial charge in [-0.05, 0) is 26.4 Å². The van der Waals surface area contributed by atoms with Gasteiger partial charge in [0.15, 0.2) is 0 Å². The van der Waals surface area contributed by atoms with Gasteiger partial charge in [-0.1, -0.05) is 6.92 Å². The van der Waals surface area contributed by atoms with Gasteiger partial charge in [0.1, 0.15) is 0 Å². The van der Waals surface area contributed by atoms with E-state index in [-0.39, 0.29) is 6.10 Å². The van der Waals surface area contributed by atoms with E-state index in [0.29, 0.717) is 6.04 Å². The van der Waals surface area contributed by atoms with Crippen molar-refractivity contribution in [1.29, 1.82) is 0 Å². The maximum atomic E-state index is 9.31. The molecule has 1 saturated heterocycles. The molecule has 1 fully saturated rings. The third-order valence-corrected chi connectivity index (χ3v) is 2.21. The minimum Gasteiger partial charge on any atom is -0.392 e. The van der Waals surface area contributed by atoms with Gasteiger partial charge in [-0.15, -0.1) is 0 Å². The van der Waals surface area contributed by atoms with Crippen LogP contribution >= 0.6 is 0 Å². The lowest BCUT2D eigenvalue weighted by atomic mass is 9.97. The van der Waals surface area contributed by atoms with Gasteiger partial charge >= 0.3 is 0 Å². The van der Waals surface area contributed by atoms with E-state index >= 15 is 0 Å². The summed E-state index contributed by atoms with van der Waals surface area (Å²) in [5.74, 6) is 0. The van der Waals surface area contributed by atoms with Crippen molar-refractivity contribution >= 4 is 0 Å². The van der Waals surface area contributed by atoms with Crippen molar-refractivity contribution < 1.29 is 5.11 Å². The Morgan fingerprint density at radius 2 is 2.44 bits per heavy atom. The Bertz CT molecular complexity index is 94.9. The minimum atomic E-state index is -0.0938. The number of likely N-dealkylation sites (tertiary alicyclic amines) is 1. The molecule has 2 unspecified atom stereocenters. The number of likely N-dealkylation sites (N-methyl/N-ethyl adjacent to an activating group) is 1. The highest BCUT2D eigenvalue weighted by atomic mass is 16.3. The molecule has 0 saturated carbocycles.